The van der Waals surface area contributed by atoms with Gasteiger partial charge in [0, 0.05) is 6.42 Å². The fourth-order valence-corrected chi connectivity index (χ4v) is 2.32. The minimum atomic E-state index is -0.610. The molecule has 0 heterocycles. The van der Waals surface area contributed by atoms with Gasteiger partial charge in [-0.3, -0.25) is 4.79 Å². The van der Waals surface area contributed by atoms with Crippen LogP contribution in [0, 0.1) is 5.92 Å². The lowest BCUT2D eigenvalue weighted by Crippen LogP contribution is -2.09. The lowest BCUT2D eigenvalue weighted by atomic mass is 10.4. The van der Waals surface area contributed by atoms with E-state index in [0.717, 1.165) is 6.42 Å². The Morgan fingerprint density at radius 3 is 2.33 bits per heavy atom. The molecule has 9 heavy (non-hydrogen) atoms. The van der Waals surface area contributed by atoms with Crippen LogP contribution in [0.5, 0.6) is 0 Å². The van der Waals surface area contributed by atoms with Crippen molar-refractivity contribution < 1.29 is 9.90 Å². The third-order valence-corrected chi connectivity index (χ3v) is 3.39. The van der Waals surface area contributed by atoms with Crippen molar-refractivity contribution in [3.05, 3.63) is 0 Å². The summed E-state index contributed by atoms with van der Waals surface area (Å²) in [5.41, 5.74) is 0. The molecule has 1 N–H and O–H groups in total. The van der Waals surface area contributed by atoms with E-state index in [-0.39, 0.29) is 5.92 Å². The normalized spacial score (nSPS) is 32.8. The lowest BCUT2D eigenvalue weighted by molar-refractivity contribution is -0.138. The maximum Gasteiger partial charge on any atom is 0.311 e. The first-order valence-electron chi connectivity index (χ1n) is 2.92. The van der Waals surface area contributed by atoms with E-state index in [1.807, 2.05) is 0 Å². The van der Waals surface area contributed by atoms with Crippen LogP contribution >= 0.6 is 0 Å². The minimum Gasteiger partial charge on any atom is -0.481 e. The molecule has 1 fully saturated rings. The molecular weight excluding hydrogens is 138 g/mol. The molecule has 0 amide bonds. The summed E-state index contributed by atoms with van der Waals surface area (Å²) in [6.45, 7) is 0. The number of hydrogen-bond acceptors (Lipinski definition) is 1. The molecule has 3 heteroatoms. The third-order valence-electron chi connectivity index (χ3n) is 1.65. The van der Waals surface area contributed by atoms with Crippen molar-refractivity contribution in [2.45, 2.75) is 11.7 Å². The highest BCUT2D eigenvalue weighted by Gasteiger charge is 2.52. The number of rotatable bonds is 2. The second-order valence-electron chi connectivity index (χ2n) is 2.60. The summed E-state index contributed by atoms with van der Waals surface area (Å²) in [4.78, 5) is 10.3. The molecule has 0 aromatic rings. The second kappa shape index (κ2) is 2.21. The predicted octanol–water partition coefficient (Wildman–Crippen LogP) is 0.337. The molecule has 0 spiro atoms. The van der Waals surface area contributed by atoms with E-state index >= 15 is 0 Å². The molecule has 0 saturated heterocycles. The Balaban J connectivity index is 2.33. The van der Waals surface area contributed by atoms with Gasteiger partial charge in [0.1, 0.15) is 11.2 Å². The quantitative estimate of drug-likeness (QED) is 0.454. The summed E-state index contributed by atoms with van der Waals surface area (Å²) >= 11 is 0. The van der Waals surface area contributed by atoms with Crippen LogP contribution in [0.4, 0.5) is 0 Å². The molecule has 1 saturated carbocycles. The summed E-state index contributed by atoms with van der Waals surface area (Å²) in [6, 6.07) is 0. The van der Waals surface area contributed by atoms with E-state index in [1.165, 1.54) is 0 Å². The average molecular weight is 149 g/mol. The van der Waals surface area contributed by atoms with Gasteiger partial charge in [0.05, 0.1) is 12.5 Å². The van der Waals surface area contributed by atoms with Crippen molar-refractivity contribution in [1.29, 1.82) is 0 Å². The molecule has 0 aliphatic heterocycles. The van der Waals surface area contributed by atoms with Crippen LogP contribution in [0.1, 0.15) is 6.42 Å². The van der Waals surface area contributed by atoms with Gasteiger partial charge >= 0.3 is 5.97 Å². The number of carbonyl (C=O) groups is 1. The molecule has 1 aliphatic carbocycles. The van der Waals surface area contributed by atoms with Crippen molar-refractivity contribution >= 4 is 16.9 Å². The third kappa shape index (κ3) is 1.39. The van der Waals surface area contributed by atoms with E-state index < -0.39 is 5.97 Å². The van der Waals surface area contributed by atoms with Gasteiger partial charge in [0.25, 0.3) is 0 Å². The Bertz CT molecular complexity index is 133. The summed E-state index contributed by atoms with van der Waals surface area (Å²) in [6.07, 6.45) is 5.12. The molecule has 0 unspecified atom stereocenters. The van der Waals surface area contributed by atoms with Gasteiger partial charge in [-0.2, -0.15) is 0 Å². The van der Waals surface area contributed by atoms with Crippen LogP contribution in [0.15, 0.2) is 0 Å². The Labute approximate surface area is 57.6 Å². The number of carboxylic acid groups (broad SMARTS) is 1. The molecule has 0 bridgehead atoms. The fourth-order valence-electron chi connectivity index (χ4n) is 0.953. The van der Waals surface area contributed by atoms with E-state index in [0.29, 0.717) is 16.1 Å². The first-order valence-corrected chi connectivity index (χ1v) is 5.02. The lowest BCUT2D eigenvalue weighted by Gasteiger charge is -1.89. The van der Waals surface area contributed by atoms with Gasteiger partial charge in [-0.1, -0.05) is 0 Å². The molecule has 0 radical (unpaired) electrons. The first-order chi connectivity index (χ1) is 4.13. The van der Waals surface area contributed by atoms with E-state index in [1.54, 1.807) is 0 Å². The van der Waals surface area contributed by atoms with Gasteiger partial charge < -0.3 is 5.11 Å². The topological polar surface area (TPSA) is 37.3 Å². The highest BCUT2D eigenvalue weighted by Crippen LogP contribution is 2.36. The zero-order chi connectivity index (χ0) is 7.02. The molecule has 0 aromatic carbocycles. The zero-order valence-corrected chi connectivity index (χ0v) is 6.44. The summed E-state index contributed by atoms with van der Waals surface area (Å²) < 4.78 is 0. The van der Waals surface area contributed by atoms with E-state index in [9.17, 15) is 4.79 Å². The predicted molar refractivity (Wildman–Crippen MR) is 38.7 cm³/mol. The Kier molecular flexibility index (Phi) is 1.70. The smallest absolute Gasteiger partial charge is 0.311 e. The van der Waals surface area contributed by atoms with Crippen LogP contribution in [0.25, 0.3) is 0 Å². The van der Waals surface area contributed by atoms with Crippen LogP contribution in [-0.2, 0) is 15.7 Å². The summed E-state index contributed by atoms with van der Waals surface area (Å²) in [7, 11) is 0.312. The maximum atomic E-state index is 10.3. The number of aliphatic carboxylic acids is 1. The van der Waals surface area contributed by atoms with Gasteiger partial charge in [-0.15, -0.1) is 0 Å². The highest BCUT2D eigenvalue weighted by atomic mass is 32.2. The SMILES string of the molecule is [13CH3][S+]([13CH3])[C@@H]1C[C@@H]1C(=O)O. The zero-order valence-electron chi connectivity index (χ0n) is 5.63. The highest BCUT2D eigenvalue weighted by molar-refractivity contribution is 7.96. The summed E-state index contributed by atoms with van der Waals surface area (Å²) in [5, 5.41) is 8.97. The Morgan fingerprint density at radius 2 is 2.22 bits per heavy atom. The van der Waals surface area contributed by atoms with Gasteiger partial charge in [-0.05, 0) is 10.9 Å². The van der Waals surface area contributed by atoms with Crippen molar-refractivity contribution in [2.75, 3.05) is 12.5 Å². The molecule has 52 valence electrons. The van der Waals surface area contributed by atoms with Crippen molar-refractivity contribution in [1.82, 2.24) is 0 Å². The van der Waals surface area contributed by atoms with Crippen molar-refractivity contribution in [2.24, 2.45) is 5.92 Å². The molecule has 0 aromatic heterocycles. The number of carboxylic acids is 1. The Hall–Kier alpha value is -0.180. The van der Waals surface area contributed by atoms with Crippen LogP contribution in [0.2, 0.25) is 0 Å². The molecule has 2 nitrogen and oxygen atoms in total. The number of hydrogen-bond donors (Lipinski definition) is 1. The maximum absolute atomic E-state index is 10.3. The second-order valence-corrected chi connectivity index (χ2v) is 4.96. The Morgan fingerprint density at radius 1 is 1.67 bits per heavy atom. The molecule has 1 aliphatic rings. The van der Waals surface area contributed by atoms with Crippen LogP contribution in [-0.4, -0.2) is 28.8 Å². The van der Waals surface area contributed by atoms with E-state index in [2.05, 4.69) is 12.5 Å². The first kappa shape index (κ1) is 6.93. The standard InChI is InChI=1S/C6H10O2S/c1-9(2)5-3-4(5)6(7)8/h4-5H,3H2,1-2H3/p+1/t4-,5+/m0/s1/i1+1,2+1. The van der Waals surface area contributed by atoms with Crippen molar-refractivity contribution in [3.8, 4) is 0 Å². The molecular formula is C6H11O2S+. The largest absolute Gasteiger partial charge is 0.481 e. The monoisotopic (exact) mass is 149 g/mol. The van der Waals surface area contributed by atoms with Gasteiger partial charge in [0.15, 0.2) is 0 Å². The molecule has 2 atom stereocenters. The van der Waals surface area contributed by atoms with E-state index in [4.69, 9.17) is 5.11 Å². The van der Waals surface area contributed by atoms with Gasteiger partial charge in [-0.25, -0.2) is 0 Å². The fraction of sp³-hybridized carbons (Fsp3) is 0.833. The van der Waals surface area contributed by atoms with Gasteiger partial charge in [0.2, 0.25) is 0 Å². The van der Waals surface area contributed by atoms with Crippen LogP contribution in [0.3, 0.4) is 0 Å². The summed E-state index contributed by atoms with van der Waals surface area (Å²) in [5.74, 6) is -0.621. The van der Waals surface area contributed by atoms with Crippen molar-refractivity contribution in [3.63, 3.8) is 0 Å². The minimum absolute atomic E-state index is 0.0108. The average Bonchev–Trinajstić information content (AvgIpc) is 2.39. The van der Waals surface area contributed by atoms with Crippen LogP contribution < -0.4 is 0 Å². The molecule has 1 rings (SSSR count).